The normalized spacial score (nSPS) is 20.4. The monoisotopic (exact) mass is 274 g/mol. The molecule has 1 amide bonds. The number of hydrogen-bond donors (Lipinski definition) is 0. The molecule has 0 aromatic carbocycles. The molecule has 6 heteroatoms. The highest BCUT2D eigenvalue weighted by molar-refractivity contribution is 6.33. The molecular formula is C11H12Cl2N2O2. The molecule has 0 aliphatic carbocycles. The fourth-order valence-electron chi connectivity index (χ4n) is 1.72. The Morgan fingerprint density at radius 3 is 3.18 bits per heavy atom. The Morgan fingerprint density at radius 1 is 1.65 bits per heavy atom. The van der Waals surface area contributed by atoms with Gasteiger partial charge >= 0.3 is 0 Å². The molecule has 0 bridgehead atoms. The van der Waals surface area contributed by atoms with Gasteiger partial charge < -0.3 is 9.64 Å². The maximum atomic E-state index is 12.2. The van der Waals surface area contributed by atoms with E-state index < -0.39 is 0 Å². The molecule has 4 nitrogen and oxygen atoms in total. The average molecular weight is 275 g/mol. The van der Waals surface area contributed by atoms with Crippen LogP contribution in [-0.4, -0.2) is 47.5 Å². The van der Waals surface area contributed by atoms with Crippen molar-refractivity contribution in [2.24, 2.45) is 0 Å². The second kappa shape index (κ2) is 5.67. The molecule has 2 heterocycles. The van der Waals surface area contributed by atoms with Gasteiger partial charge in [-0.05, 0) is 6.07 Å². The van der Waals surface area contributed by atoms with Gasteiger partial charge in [0.2, 0.25) is 0 Å². The van der Waals surface area contributed by atoms with Gasteiger partial charge in [0.15, 0.2) is 0 Å². The second-order valence-corrected chi connectivity index (χ2v) is 4.47. The van der Waals surface area contributed by atoms with Crippen LogP contribution in [0.25, 0.3) is 0 Å². The van der Waals surface area contributed by atoms with E-state index in [1.165, 1.54) is 6.20 Å². The molecule has 0 radical (unpaired) electrons. The molecule has 1 fully saturated rings. The van der Waals surface area contributed by atoms with E-state index in [2.05, 4.69) is 4.98 Å². The SMILES string of the molecule is O=C(c1ccncc1Cl)N1CCOC(CCl)C1. The minimum absolute atomic E-state index is 0.101. The number of alkyl halides is 1. The molecule has 1 aromatic heterocycles. The smallest absolute Gasteiger partial charge is 0.255 e. The molecule has 92 valence electrons. The number of rotatable bonds is 2. The number of nitrogens with zero attached hydrogens (tertiary/aromatic N) is 2. The third-order valence-corrected chi connectivity index (χ3v) is 3.25. The number of pyridine rings is 1. The van der Waals surface area contributed by atoms with E-state index in [0.29, 0.717) is 36.2 Å². The molecule has 1 unspecified atom stereocenters. The van der Waals surface area contributed by atoms with Crippen LogP contribution >= 0.6 is 23.2 Å². The zero-order valence-corrected chi connectivity index (χ0v) is 10.6. The minimum atomic E-state index is -0.102. The van der Waals surface area contributed by atoms with Crippen molar-refractivity contribution in [3.05, 3.63) is 29.0 Å². The Morgan fingerprint density at radius 2 is 2.47 bits per heavy atom. The van der Waals surface area contributed by atoms with E-state index in [1.54, 1.807) is 17.2 Å². The van der Waals surface area contributed by atoms with E-state index in [9.17, 15) is 4.79 Å². The van der Waals surface area contributed by atoms with E-state index in [-0.39, 0.29) is 12.0 Å². The van der Waals surface area contributed by atoms with Crippen molar-refractivity contribution in [3.63, 3.8) is 0 Å². The molecular weight excluding hydrogens is 263 g/mol. The van der Waals surface area contributed by atoms with Gasteiger partial charge in [-0.2, -0.15) is 0 Å². The van der Waals surface area contributed by atoms with Crippen molar-refractivity contribution >= 4 is 29.1 Å². The third-order valence-electron chi connectivity index (χ3n) is 2.60. The molecule has 0 saturated carbocycles. The zero-order valence-electron chi connectivity index (χ0n) is 9.10. The van der Waals surface area contributed by atoms with Crippen LogP contribution in [-0.2, 0) is 4.74 Å². The molecule has 1 aromatic rings. The molecule has 2 rings (SSSR count). The number of morpholine rings is 1. The summed E-state index contributed by atoms with van der Waals surface area (Å²) in [4.78, 5) is 17.8. The van der Waals surface area contributed by atoms with Crippen LogP contribution in [0.4, 0.5) is 0 Å². The maximum absolute atomic E-state index is 12.2. The first-order valence-corrected chi connectivity index (χ1v) is 6.20. The molecule has 0 N–H and O–H groups in total. The summed E-state index contributed by atoms with van der Waals surface area (Å²) in [6, 6.07) is 1.62. The highest BCUT2D eigenvalue weighted by Gasteiger charge is 2.25. The number of carbonyl (C=O) groups is 1. The van der Waals surface area contributed by atoms with Crippen LogP contribution in [0.3, 0.4) is 0 Å². The molecule has 1 aliphatic heterocycles. The minimum Gasteiger partial charge on any atom is -0.373 e. The van der Waals surface area contributed by atoms with Crippen LogP contribution in [0.2, 0.25) is 5.02 Å². The van der Waals surface area contributed by atoms with Gasteiger partial charge in [0.25, 0.3) is 5.91 Å². The van der Waals surface area contributed by atoms with Crippen molar-refractivity contribution in [1.82, 2.24) is 9.88 Å². The fourth-order valence-corrected chi connectivity index (χ4v) is 2.10. The quantitative estimate of drug-likeness (QED) is 0.773. The largest absolute Gasteiger partial charge is 0.373 e. The summed E-state index contributed by atoms with van der Waals surface area (Å²) < 4.78 is 5.40. The number of ether oxygens (including phenoxy) is 1. The van der Waals surface area contributed by atoms with Gasteiger partial charge in [-0.25, -0.2) is 0 Å². The lowest BCUT2D eigenvalue weighted by molar-refractivity contribution is -0.0108. The van der Waals surface area contributed by atoms with Gasteiger partial charge in [-0.3, -0.25) is 9.78 Å². The number of aromatic nitrogens is 1. The topological polar surface area (TPSA) is 42.4 Å². The van der Waals surface area contributed by atoms with E-state index in [4.69, 9.17) is 27.9 Å². The first kappa shape index (κ1) is 12.6. The molecule has 0 spiro atoms. The van der Waals surface area contributed by atoms with Crippen LogP contribution < -0.4 is 0 Å². The summed E-state index contributed by atoms with van der Waals surface area (Å²) in [5, 5.41) is 0.367. The Labute approximate surface area is 109 Å². The van der Waals surface area contributed by atoms with Crippen molar-refractivity contribution in [2.45, 2.75) is 6.10 Å². The second-order valence-electron chi connectivity index (χ2n) is 3.75. The summed E-state index contributed by atoms with van der Waals surface area (Å²) in [6.45, 7) is 1.57. The number of halogens is 2. The van der Waals surface area contributed by atoms with Gasteiger partial charge in [-0.1, -0.05) is 11.6 Å². The predicted molar refractivity (Wildman–Crippen MR) is 65.6 cm³/mol. The van der Waals surface area contributed by atoms with E-state index in [1.807, 2.05) is 0 Å². The number of carbonyl (C=O) groups excluding carboxylic acids is 1. The fraction of sp³-hybridized carbons (Fsp3) is 0.455. The Bertz CT molecular complexity index is 414. The lowest BCUT2D eigenvalue weighted by Gasteiger charge is -2.32. The highest BCUT2D eigenvalue weighted by Crippen LogP contribution is 2.17. The van der Waals surface area contributed by atoms with E-state index >= 15 is 0 Å². The zero-order chi connectivity index (χ0) is 12.3. The first-order chi connectivity index (χ1) is 8.22. The maximum Gasteiger partial charge on any atom is 0.255 e. The lowest BCUT2D eigenvalue weighted by atomic mass is 10.2. The molecule has 1 saturated heterocycles. The van der Waals surface area contributed by atoms with Gasteiger partial charge in [0.05, 0.1) is 29.2 Å². The summed E-state index contributed by atoms with van der Waals surface area (Å²) in [5.41, 5.74) is 0.469. The Kier molecular flexibility index (Phi) is 4.20. The van der Waals surface area contributed by atoms with Crippen LogP contribution in [0.1, 0.15) is 10.4 Å². The highest BCUT2D eigenvalue weighted by atomic mass is 35.5. The van der Waals surface area contributed by atoms with Crippen molar-refractivity contribution < 1.29 is 9.53 Å². The van der Waals surface area contributed by atoms with Gasteiger partial charge in [0, 0.05) is 25.5 Å². The standard InChI is InChI=1S/C11H12Cl2N2O2/c12-5-8-7-15(3-4-17-8)11(16)9-1-2-14-6-10(9)13/h1-2,6,8H,3-5,7H2. The summed E-state index contributed by atoms with van der Waals surface area (Å²) in [6.07, 6.45) is 2.92. The molecule has 17 heavy (non-hydrogen) atoms. The van der Waals surface area contributed by atoms with E-state index in [0.717, 1.165) is 0 Å². The van der Waals surface area contributed by atoms with Gasteiger partial charge in [-0.15, -0.1) is 11.6 Å². The van der Waals surface area contributed by atoms with Crippen LogP contribution in [0, 0.1) is 0 Å². The predicted octanol–water partition coefficient (Wildman–Crippen LogP) is 1.81. The summed E-state index contributed by atoms with van der Waals surface area (Å²) >= 11 is 11.7. The Balaban J connectivity index is 2.12. The third kappa shape index (κ3) is 2.89. The van der Waals surface area contributed by atoms with Gasteiger partial charge in [0.1, 0.15) is 0 Å². The number of amides is 1. The summed E-state index contributed by atoms with van der Waals surface area (Å²) in [5.74, 6) is 0.282. The number of hydrogen-bond acceptors (Lipinski definition) is 3. The average Bonchev–Trinajstić information content (AvgIpc) is 2.38. The summed E-state index contributed by atoms with van der Waals surface area (Å²) in [7, 11) is 0. The van der Waals surface area contributed by atoms with Crippen LogP contribution in [0.15, 0.2) is 18.5 Å². The first-order valence-electron chi connectivity index (χ1n) is 5.28. The van der Waals surface area contributed by atoms with Crippen molar-refractivity contribution in [1.29, 1.82) is 0 Å². The lowest BCUT2D eigenvalue weighted by Crippen LogP contribution is -2.46. The van der Waals surface area contributed by atoms with Crippen LogP contribution in [0.5, 0.6) is 0 Å². The Hall–Kier alpha value is -0.840. The van der Waals surface area contributed by atoms with Crippen molar-refractivity contribution in [2.75, 3.05) is 25.6 Å². The molecule has 1 aliphatic rings. The molecule has 1 atom stereocenters. The van der Waals surface area contributed by atoms with Crippen molar-refractivity contribution in [3.8, 4) is 0 Å².